The highest BCUT2D eigenvalue weighted by atomic mass is 32.2. The van der Waals surface area contributed by atoms with Crippen LogP contribution in [0.15, 0.2) is 4.90 Å². The highest BCUT2D eigenvalue weighted by molar-refractivity contribution is 7.89. The molecule has 0 aliphatic carbocycles. The number of carboxylic acid groups (broad SMARTS) is 1. The van der Waals surface area contributed by atoms with E-state index in [-0.39, 0.29) is 4.90 Å². The summed E-state index contributed by atoms with van der Waals surface area (Å²) in [4.78, 5) is 11.0. The van der Waals surface area contributed by atoms with Gasteiger partial charge in [-0.25, -0.2) is 8.42 Å². The summed E-state index contributed by atoms with van der Waals surface area (Å²) in [6, 6.07) is -1.17. The SMILES string of the molecule is Cc1c(C)c(C)c(S(=O)(=O)N[C@@H](C)C(=O)O)c(C)c1C. The molecule has 0 bridgehead atoms. The highest BCUT2D eigenvalue weighted by Gasteiger charge is 2.27. The van der Waals surface area contributed by atoms with Crippen LogP contribution in [-0.4, -0.2) is 25.5 Å². The average molecular weight is 299 g/mol. The van der Waals surface area contributed by atoms with Crippen LogP contribution in [0.1, 0.15) is 34.7 Å². The van der Waals surface area contributed by atoms with E-state index >= 15 is 0 Å². The molecule has 5 nitrogen and oxygen atoms in total. The van der Waals surface area contributed by atoms with Crippen molar-refractivity contribution >= 4 is 16.0 Å². The van der Waals surface area contributed by atoms with E-state index in [1.54, 1.807) is 13.8 Å². The Bertz CT molecular complexity index is 633. The normalized spacial score (nSPS) is 13.3. The first kappa shape index (κ1) is 16.7. The third kappa shape index (κ3) is 2.86. The number of benzene rings is 1. The van der Waals surface area contributed by atoms with E-state index in [1.807, 2.05) is 20.8 Å². The summed E-state index contributed by atoms with van der Waals surface area (Å²) in [7, 11) is -3.86. The van der Waals surface area contributed by atoms with Crippen LogP contribution in [0.4, 0.5) is 0 Å². The van der Waals surface area contributed by atoms with Crippen molar-refractivity contribution in [2.45, 2.75) is 52.5 Å². The van der Waals surface area contributed by atoms with Gasteiger partial charge in [-0.3, -0.25) is 4.79 Å². The third-order valence-electron chi connectivity index (χ3n) is 3.90. The van der Waals surface area contributed by atoms with Gasteiger partial charge in [0.05, 0.1) is 4.90 Å². The van der Waals surface area contributed by atoms with Gasteiger partial charge in [0.15, 0.2) is 0 Å². The van der Waals surface area contributed by atoms with Crippen LogP contribution in [0.5, 0.6) is 0 Å². The third-order valence-corrected chi connectivity index (χ3v) is 5.72. The van der Waals surface area contributed by atoms with Gasteiger partial charge in [0.25, 0.3) is 0 Å². The molecule has 0 radical (unpaired) electrons. The molecule has 112 valence electrons. The van der Waals surface area contributed by atoms with Gasteiger partial charge in [0, 0.05) is 0 Å². The molecule has 0 spiro atoms. The molecule has 1 atom stereocenters. The zero-order valence-corrected chi connectivity index (χ0v) is 13.5. The summed E-state index contributed by atoms with van der Waals surface area (Å²) >= 11 is 0. The zero-order chi connectivity index (χ0) is 15.8. The van der Waals surface area contributed by atoms with E-state index in [0.717, 1.165) is 16.7 Å². The molecule has 0 heterocycles. The van der Waals surface area contributed by atoms with E-state index in [9.17, 15) is 13.2 Å². The summed E-state index contributed by atoms with van der Waals surface area (Å²) in [6.45, 7) is 10.5. The van der Waals surface area contributed by atoms with Gasteiger partial charge >= 0.3 is 5.97 Å². The molecule has 0 saturated heterocycles. The Kier molecular flexibility index (Phi) is 4.61. The van der Waals surface area contributed by atoms with E-state index in [1.165, 1.54) is 6.92 Å². The van der Waals surface area contributed by atoms with Crippen molar-refractivity contribution in [3.8, 4) is 0 Å². The topological polar surface area (TPSA) is 83.5 Å². The minimum atomic E-state index is -3.86. The molecule has 0 unspecified atom stereocenters. The minimum absolute atomic E-state index is 0.186. The van der Waals surface area contributed by atoms with Crippen LogP contribution in [0.2, 0.25) is 0 Å². The summed E-state index contributed by atoms with van der Waals surface area (Å²) in [5.74, 6) is -1.20. The molecule has 1 aromatic rings. The van der Waals surface area contributed by atoms with E-state index < -0.39 is 22.0 Å². The summed E-state index contributed by atoms with van der Waals surface area (Å²) in [5, 5.41) is 8.86. The molecule has 0 saturated carbocycles. The van der Waals surface area contributed by atoms with Crippen LogP contribution in [-0.2, 0) is 14.8 Å². The first-order chi connectivity index (χ1) is 9.00. The van der Waals surface area contributed by atoms with Crippen LogP contribution in [0.3, 0.4) is 0 Å². The van der Waals surface area contributed by atoms with Crippen LogP contribution >= 0.6 is 0 Å². The Hall–Kier alpha value is -1.40. The Morgan fingerprint density at radius 1 is 0.950 bits per heavy atom. The Morgan fingerprint density at radius 3 is 1.65 bits per heavy atom. The minimum Gasteiger partial charge on any atom is -0.480 e. The summed E-state index contributed by atoms with van der Waals surface area (Å²) < 4.78 is 27.1. The molecule has 20 heavy (non-hydrogen) atoms. The van der Waals surface area contributed by atoms with Crippen molar-refractivity contribution < 1.29 is 18.3 Å². The lowest BCUT2D eigenvalue weighted by Crippen LogP contribution is -2.39. The van der Waals surface area contributed by atoms with Gasteiger partial charge in [0.1, 0.15) is 6.04 Å². The Balaban J connectivity index is 3.51. The molecule has 6 heteroatoms. The van der Waals surface area contributed by atoms with Gasteiger partial charge in [0.2, 0.25) is 10.0 Å². The van der Waals surface area contributed by atoms with E-state index in [2.05, 4.69) is 4.72 Å². The van der Waals surface area contributed by atoms with Crippen LogP contribution in [0, 0.1) is 34.6 Å². The van der Waals surface area contributed by atoms with Gasteiger partial charge in [-0.1, -0.05) is 0 Å². The molecule has 0 aliphatic heterocycles. The number of carboxylic acids is 1. The lowest BCUT2D eigenvalue weighted by Gasteiger charge is -2.20. The summed E-state index contributed by atoms with van der Waals surface area (Å²) in [5.41, 5.74) is 4.21. The molecule has 2 N–H and O–H groups in total. The molecule has 0 amide bonds. The number of carbonyl (C=O) groups is 1. The fraction of sp³-hybridized carbons (Fsp3) is 0.500. The van der Waals surface area contributed by atoms with Crippen molar-refractivity contribution in [3.05, 3.63) is 27.8 Å². The fourth-order valence-corrected chi connectivity index (χ4v) is 4.01. The second-order valence-corrected chi connectivity index (χ2v) is 6.79. The molecule has 0 aromatic heterocycles. The van der Waals surface area contributed by atoms with Crippen LogP contribution < -0.4 is 4.72 Å². The Morgan fingerprint density at radius 2 is 1.30 bits per heavy atom. The maximum absolute atomic E-state index is 12.4. The number of aliphatic carboxylic acids is 1. The lowest BCUT2D eigenvalue weighted by molar-refractivity contribution is -0.138. The zero-order valence-electron chi connectivity index (χ0n) is 12.7. The van der Waals surface area contributed by atoms with Gasteiger partial charge in [-0.2, -0.15) is 4.72 Å². The average Bonchev–Trinajstić information content (AvgIpc) is 2.33. The Labute approximate surface area is 120 Å². The van der Waals surface area contributed by atoms with Gasteiger partial charge < -0.3 is 5.11 Å². The second-order valence-electron chi connectivity index (χ2n) is 5.14. The first-order valence-electron chi connectivity index (χ1n) is 6.32. The number of hydrogen-bond donors (Lipinski definition) is 2. The predicted molar refractivity (Wildman–Crippen MR) is 77.5 cm³/mol. The maximum Gasteiger partial charge on any atom is 0.321 e. The van der Waals surface area contributed by atoms with Gasteiger partial charge in [-0.05, 0) is 69.4 Å². The highest BCUT2D eigenvalue weighted by Crippen LogP contribution is 2.29. The number of hydrogen-bond acceptors (Lipinski definition) is 3. The van der Waals surface area contributed by atoms with Crippen molar-refractivity contribution in [1.82, 2.24) is 4.72 Å². The molecule has 1 rings (SSSR count). The number of nitrogens with one attached hydrogen (secondary N) is 1. The van der Waals surface area contributed by atoms with Gasteiger partial charge in [-0.15, -0.1) is 0 Å². The van der Waals surface area contributed by atoms with Crippen molar-refractivity contribution in [1.29, 1.82) is 0 Å². The predicted octanol–water partition coefficient (Wildman–Crippen LogP) is 1.98. The molecular weight excluding hydrogens is 278 g/mol. The second kappa shape index (κ2) is 5.54. The molecular formula is C14H21NO4S. The molecule has 1 aromatic carbocycles. The molecule has 0 aliphatic rings. The maximum atomic E-state index is 12.4. The first-order valence-corrected chi connectivity index (χ1v) is 7.81. The molecule has 0 fully saturated rings. The fourth-order valence-electron chi connectivity index (χ4n) is 2.21. The van der Waals surface area contributed by atoms with Crippen molar-refractivity contribution in [2.24, 2.45) is 0 Å². The quantitative estimate of drug-likeness (QED) is 0.890. The summed E-state index contributed by atoms with van der Waals surface area (Å²) in [6.07, 6.45) is 0. The monoisotopic (exact) mass is 299 g/mol. The number of rotatable bonds is 4. The largest absolute Gasteiger partial charge is 0.480 e. The van der Waals surface area contributed by atoms with E-state index in [0.29, 0.717) is 11.1 Å². The van der Waals surface area contributed by atoms with E-state index in [4.69, 9.17) is 5.11 Å². The van der Waals surface area contributed by atoms with Crippen molar-refractivity contribution in [2.75, 3.05) is 0 Å². The smallest absolute Gasteiger partial charge is 0.321 e. The lowest BCUT2D eigenvalue weighted by atomic mass is 9.95. The van der Waals surface area contributed by atoms with Crippen molar-refractivity contribution in [3.63, 3.8) is 0 Å². The van der Waals surface area contributed by atoms with Crippen LogP contribution in [0.25, 0.3) is 0 Å². The number of sulfonamides is 1. The standard InChI is InChI=1S/C14H21NO4S/c1-7-8(2)10(4)13(11(5)9(7)3)20(18,19)15-12(6)14(16)17/h12,15H,1-6H3,(H,16,17)/t12-/m0/s1.